The monoisotopic (exact) mass is 447 g/mol. The van der Waals surface area contributed by atoms with E-state index in [1.165, 1.54) is 11.1 Å². The van der Waals surface area contributed by atoms with Gasteiger partial charge in [-0.2, -0.15) is 0 Å². The van der Waals surface area contributed by atoms with Gasteiger partial charge in [0.05, 0.1) is 19.0 Å². The number of carbonyl (C=O) groups excluding carboxylic acids is 2. The molecule has 1 atom stereocenters. The van der Waals surface area contributed by atoms with E-state index in [1.807, 2.05) is 36.4 Å². The molecular formula is C25H29N5O3. The maximum Gasteiger partial charge on any atom is 0.237 e. The van der Waals surface area contributed by atoms with Crippen molar-refractivity contribution < 1.29 is 14.2 Å². The lowest BCUT2D eigenvalue weighted by molar-refractivity contribution is -0.138. The van der Waals surface area contributed by atoms with Crippen molar-refractivity contribution in [3.8, 4) is 0 Å². The number of hydrogen-bond acceptors (Lipinski definition) is 6. The molecule has 1 saturated heterocycles. The largest absolute Gasteiger partial charge is 0.353 e. The fraction of sp³-hybridized carbons (Fsp3) is 0.360. The minimum Gasteiger partial charge on any atom is -0.353 e. The lowest BCUT2D eigenvalue weighted by Crippen LogP contribution is -2.57. The first-order valence-corrected chi connectivity index (χ1v) is 11.2. The summed E-state index contributed by atoms with van der Waals surface area (Å²) in [6.45, 7) is 3.98. The van der Waals surface area contributed by atoms with Gasteiger partial charge < -0.3 is 10.2 Å². The minimum atomic E-state index is -0.528. The van der Waals surface area contributed by atoms with E-state index < -0.39 is 6.04 Å². The quantitative estimate of drug-likeness (QED) is 0.570. The molecule has 172 valence electrons. The highest BCUT2D eigenvalue weighted by molar-refractivity contribution is 5.88. The average molecular weight is 448 g/mol. The molecule has 1 aromatic heterocycles. The molecule has 0 saturated carbocycles. The van der Waals surface area contributed by atoms with Gasteiger partial charge in [-0.05, 0) is 18.1 Å². The third-order valence-electron chi connectivity index (χ3n) is 6.19. The Morgan fingerprint density at radius 2 is 1.76 bits per heavy atom. The average Bonchev–Trinajstić information content (AvgIpc) is 3.24. The van der Waals surface area contributed by atoms with E-state index in [0.717, 1.165) is 0 Å². The van der Waals surface area contributed by atoms with Crippen LogP contribution in [0.25, 0.3) is 0 Å². The second-order valence-electron chi connectivity index (χ2n) is 8.43. The van der Waals surface area contributed by atoms with Gasteiger partial charge in [0.2, 0.25) is 11.8 Å². The maximum absolute atomic E-state index is 13.0. The van der Waals surface area contributed by atoms with E-state index in [1.54, 1.807) is 18.9 Å². The molecule has 2 heterocycles. The fourth-order valence-corrected chi connectivity index (χ4v) is 4.24. The van der Waals surface area contributed by atoms with Gasteiger partial charge >= 0.3 is 0 Å². The Morgan fingerprint density at radius 3 is 2.33 bits per heavy atom. The molecule has 4 rings (SSSR count). The second-order valence-corrected chi connectivity index (χ2v) is 8.43. The number of aromatic nitrogens is 2. The number of aryl methyl sites for hydroxylation is 1. The van der Waals surface area contributed by atoms with Crippen LogP contribution in [0.5, 0.6) is 0 Å². The lowest BCUT2D eigenvalue weighted by atomic mass is 9.90. The smallest absolute Gasteiger partial charge is 0.237 e. The highest BCUT2D eigenvalue weighted by Gasteiger charge is 2.34. The molecule has 0 bridgehead atoms. The Labute approximate surface area is 193 Å². The van der Waals surface area contributed by atoms with Crippen LogP contribution in [0.4, 0.5) is 0 Å². The van der Waals surface area contributed by atoms with Crippen molar-refractivity contribution in [3.63, 3.8) is 0 Å². The van der Waals surface area contributed by atoms with Gasteiger partial charge in [0, 0.05) is 32.6 Å². The molecule has 2 amide bonds. The van der Waals surface area contributed by atoms with Gasteiger partial charge in [-0.3, -0.25) is 14.5 Å². The van der Waals surface area contributed by atoms with Crippen LogP contribution in [0.2, 0.25) is 0 Å². The van der Waals surface area contributed by atoms with Crippen LogP contribution in [0.15, 0.2) is 65.3 Å². The first kappa shape index (κ1) is 22.7. The zero-order valence-corrected chi connectivity index (χ0v) is 19.0. The fourth-order valence-electron chi connectivity index (χ4n) is 4.24. The highest BCUT2D eigenvalue weighted by Crippen LogP contribution is 2.27. The molecule has 1 N–H and O–H groups in total. The van der Waals surface area contributed by atoms with Gasteiger partial charge in [-0.1, -0.05) is 71.0 Å². The molecule has 8 heteroatoms. The molecule has 8 nitrogen and oxygen atoms in total. The predicted octanol–water partition coefficient (Wildman–Crippen LogP) is 2.36. The van der Waals surface area contributed by atoms with Crippen LogP contribution in [-0.4, -0.2) is 64.7 Å². The van der Waals surface area contributed by atoms with Crippen LogP contribution in [0.3, 0.4) is 0 Å². The van der Waals surface area contributed by atoms with Crippen LogP contribution >= 0.6 is 0 Å². The number of hydrogen-bond donors (Lipinski definition) is 1. The normalized spacial score (nSPS) is 16.6. The van der Waals surface area contributed by atoms with E-state index in [-0.39, 0.29) is 24.2 Å². The van der Waals surface area contributed by atoms with E-state index >= 15 is 0 Å². The maximum atomic E-state index is 13.0. The number of nitrogens with one attached hydrogen (secondary N) is 1. The van der Waals surface area contributed by atoms with Crippen molar-refractivity contribution in [2.45, 2.75) is 31.8 Å². The summed E-state index contributed by atoms with van der Waals surface area (Å²) in [5.74, 6) is -0.139. The summed E-state index contributed by atoms with van der Waals surface area (Å²) in [5.41, 5.74) is 3.64. The summed E-state index contributed by atoms with van der Waals surface area (Å²) in [4.78, 5) is 29.5. The number of rotatable bonds is 8. The third kappa shape index (κ3) is 5.46. The zero-order chi connectivity index (χ0) is 23.2. The second kappa shape index (κ2) is 10.4. The summed E-state index contributed by atoms with van der Waals surface area (Å²) < 4.78 is 4.73. The summed E-state index contributed by atoms with van der Waals surface area (Å²) in [7, 11) is 1.71. The van der Waals surface area contributed by atoms with Gasteiger partial charge in [0.15, 0.2) is 0 Å². The SMILES string of the molecule is Cc1nonc1CN(C)C(=O)C[C@@H]1C(=O)NCCN1CC(c1ccccc1)c1ccccc1. The Morgan fingerprint density at radius 1 is 1.12 bits per heavy atom. The van der Waals surface area contributed by atoms with Crippen molar-refractivity contribution in [2.75, 3.05) is 26.7 Å². The topological polar surface area (TPSA) is 91.6 Å². The van der Waals surface area contributed by atoms with E-state index in [2.05, 4.69) is 44.8 Å². The molecule has 0 spiro atoms. The molecule has 33 heavy (non-hydrogen) atoms. The third-order valence-corrected chi connectivity index (χ3v) is 6.19. The molecule has 0 radical (unpaired) electrons. The number of nitrogens with zero attached hydrogens (tertiary/aromatic N) is 4. The standard InChI is InChI=1S/C25H29N5O3/c1-18-22(28-33-27-18)17-29(2)24(31)15-23-25(32)26-13-14-30(23)16-21(19-9-5-3-6-10-19)20-11-7-4-8-12-20/h3-12,21,23H,13-17H2,1-2H3,(H,26,32)/t23-/m1/s1. The number of amides is 2. The molecule has 0 aliphatic carbocycles. The van der Waals surface area contributed by atoms with Gasteiger partial charge in [0.25, 0.3) is 0 Å². The number of benzene rings is 2. The summed E-state index contributed by atoms with van der Waals surface area (Å²) in [5, 5.41) is 10.5. The van der Waals surface area contributed by atoms with Crippen LogP contribution in [0, 0.1) is 6.92 Å². The van der Waals surface area contributed by atoms with E-state index in [0.29, 0.717) is 37.6 Å². The first-order chi connectivity index (χ1) is 16.0. The summed E-state index contributed by atoms with van der Waals surface area (Å²) in [6.07, 6.45) is 0.100. The van der Waals surface area contributed by atoms with Gasteiger partial charge in [0.1, 0.15) is 11.4 Å². The molecular weight excluding hydrogens is 418 g/mol. The van der Waals surface area contributed by atoms with Crippen LogP contribution < -0.4 is 5.32 Å². The van der Waals surface area contributed by atoms with Crippen molar-refractivity contribution in [2.24, 2.45) is 0 Å². The predicted molar refractivity (Wildman–Crippen MR) is 123 cm³/mol. The Balaban J connectivity index is 1.51. The summed E-state index contributed by atoms with van der Waals surface area (Å²) >= 11 is 0. The summed E-state index contributed by atoms with van der Waals surface area (Å²) in [6, 6.07) is 20.1. The molecule has 1 fully saturated rings. The molecule has 2 aromatic carbocycles. The first-order valence-electron chi connectivity index (χ1n) is 11.2. The Hall–Kier alpha value is -3.52. The zero-order valence-electron chi connectivity index (χ0n) is 19.0. The van der Waals surface area contributed by atoms with Crippen molar-refractivity contribution in [3.05, 3.63) is 83.2 Å². The molecule has 0 unspecified atom stereocenters. The van der Waals surface area contributed by atoms with E-state index in [4.69, 9.17) is 4.63 Å². The van der Waals surface area contributed by atoms with Crippen molar-refractivity contribution in [1.29, 1.82) is 0 Å². The van der Waals surface area contributed by atoms with E-state index in [9.17, 15) is 9.59 Å². The van der Waals surface area contributed by atoms with Crippen molar-refractivity contribution in [1.82, 2.24) is 25.4 Å². The molecule has 3 aromatic rings. The van der Waals surface area contributed by atoms with Gasteiger partial charge in [-0.25, -0.2) is 4.63 Å². The number of piperazine rings is 1. The lowest BCUT2D eigenvalue weighted by Gasteiger charge is -2.37. The highest BCUT2D eigenvalue weighted by atomic mass is 16.6. The number of carbonyl (C=O) groups is 2. The Kier molecular flexibility index (Phi) is 7.14. The van der Waals surface area contributed by atoms with Crippen LogP contribution in [0.1, 0.15) is 34.9 Å². The van der Waals surface area contributed by atoms with Gasteiger partial charge in [-0.15, -0.1) is 0 Å². The van der Waals surface area contributed by atoms with Crippen molar-refractivity contribution >= 4 is 11.8 Å². The minimum absolute atomic E-state index is 0.0949. The molecule has 1 aliphatic heterocycles. The van der Waals surface area contributed by atoms with Crippen LogP contribution in [-0.2, 0) is 16.1 Å². The molecule has 1 aliphatic rings. The Bertz CT molecular complexity index is 1030.